The standard InChI is InChI=1S/C14H20N2O4/c1-6-16(4)11(18)7-10-12(14(19)20-5)8(2)13(15-10)9(3)17/h15H,6-7H2,1-5H3. The summed E-state index contributed by atoms with van der Waals surface area (Å²) in [4.78, 5) is 39.8. The molecule has 20 heavy (non-hydrogen) atoms. The van der Waals surface area contributed by atoms with Crippen LogP contribution in [0, 0.1) is 6.92 Å². The summed E-state index contributed by atoms with van der Waals surface area (Å²) in [6.07, 6.45) is 0.0306. The lowest BCUT2D eigenvalue weighted by Gasteiger charge is -2.14. The van der Waals surface area contributed by atoms with E-state index in [4.69, 9.17) is 4.74 Å². The van der Waals surface area contributed by atoms with Gasteiger partial charge in [-0.2, -0.15) is 0 Å². The maximum atomic E-state index is 12.0. The van der Waals surface area contributed by atoms with Gasteiger partial charge in [-0.25, -0.2) is 4.79 Å². The highest BCUT2D eigenvalue weighted by atomic mass is 16.5. The molecule has 6 heteroatoms. The topological polar surface area (TPSA) is 79.5 Å². The molecule has 6 nitrogen and oxygen atoms in total. The summed E-state index contributed by atoms with van der Waals surface area (Å²) in [7, 11) is 2.95. The number of methoxy groups -OCH3 is 1. The molecule has 1 aromatic rings. The van der Waals surface area contributed by atoms with Crippen molar-refractivity contribution in [2.24, 2.45) is 0 Å². The predicted molar refractivity (Wildman–Crippen MR) is 73.9 cm³/mol. The van der Waals surface area contributed by atoms with Gasteiger partial charge in [0.25, 0.3) is 0 Å². The zero-order chi connectivity index (χ0) is 15.4. The minimum Gasteiger partial charge on any atom is -0.465 e. The molecule has 0 aliphatic heterocycles. The Balaban J connectivity index is 3.24. The van der Waals surface area contributed by atoms with Gasteiger partial charge in [-0.1, -0.05) is 0 Å². The van der Waals surface area contributed by atoms with Gasteiger partial charge in [-0.15, -0.1) is 0 Å². The van der Waals surface area contributed by atoms with Crippen LogP contribution in [0.1, 0.15) is 46.0 Å². The minimum absolute atomic E-state index is 0.0306. The SMILES string of the molecule is CCN(C)C(=O)Cc1[nH]c(C(C)=O)c(C)c1C(=O)OC. The highest BCUT2D eigenvalue weighted by Crippen LogP contribution is 2.21. The highest BCUT2D eigenvalue weighted by Gasteiger charge is 2.24. The number of rotatable bonds is 5. The molecule has 1 amide bonds. The van der Waals surface area contributed by atoms with Gasteiger partial charge in [0.1, 0.15) is 0 Å². The van der Waals surface area contributed by atoms with Crippen molar-refractivity contribution in [1.29, 1.82) is 0 Å². The van der Waals surface area contributed by atoms with Crippen LogP contribution in [0.2, 0.25) is 0 Å². The molecule has 1 N–H and O–H groups in total. The maximum Gasteiger partial charge on any atom is 0.339 e. The lowest BCUT2D eigenvalue weighted by atomic mass is 10.1. The molecule has 1 aromatic heterocycles. The molecule has 0 radical (unpaired) electrons. The Kier molecular flexibility index (Phi) is 5.07. The fraction of sp³-hybridized carbons (Fsp3) is 0.500. The highest BCUT2D eigenvalue weighted by molar-refractivity contribution is 6.01. The zero-order valence-corrected chi connectivity index (χ0v) is 12.5. The lowest BCUT2D eigenvalue weighted by molar-refractivity contribution is -0.129. The first kappa shape index (κ1) is 15.9. The van der Waals surface area contributed by atoms with Crippen molar-refractivity contribution in [3.63, 3.8) is 0 Å². The van der Waals surface area contributed by atoms with Crippen LogP contribution in [0.4, 0.5) is 0 Å². The van der Waals surface area contributed by atoms with Gasteiger partial charge in [0, 0.05) is 26.2 Å². The third-order valence-corrected chi connectivity index (χ3v) is 3.30. The largest absolute Gasteiger partial charge is 0.465 e. The van der Waals surface area contributed by atoms with Crippen molar-refractivity contribution in [3.05, 3.63) is 22.5 Å². The number of nitrogens with one attached hydrogen (secondary N) is 1. The summed E-state index contributed by atoms with van der Waals surface area (Å²) in [5, 5.41) is 0. The number of hydrogen-bond donors (Lipinski definition) is 1. The minimum atomic E-state index is -0.548. The number of amides is 1. The van der Waals surface area contributed by atoms with Crippen LogP contribution in [-0.4, -0.2) is 48.2 Å². The van der Waals surface area contributed by atoms with Crippen LogP contribution in [0.15, 0.2) is 0 Å². The number of Topliss-reactive ketones (excluding diaryl/α,β-unsaturated/α-hetero) is 1. The number of esters is 1. The van der Waals surface area contributed by atoms with Crippen molar-refractivity contribution in [3.8, 4) is 0 Å². The molecule has 0 bridgehead atoms. The van der Waals surface area contributed by atoms with E-state index in [1.807, 2.05) is 6.92 Å². The van der Waals surface area contributed by atoms with Crippen molar-refractivity contribution in [2.45, 2.75) is 27.2 Å². The van der Waals surface area contributed by atoms with Crippen LogP contribution >= 0.6 is 0 Å². The van der Waals surface area contributed by atoms with E-state index in [0.717, 1.165) is 0 Å². The summed E-state index contributed by atoms with van der Waals surface area (Å²) in [5.41, 5.74) is 1.55. The van der Waals surface area contributed by atoms with Gasteiger partial charge in [-0.3, -0.25) is 9.59 Å². The fourth-order valence-corrected chi connectivity index (χ4v) is 1.98. The summed E-state index contributed by atoms with van der Waals surface area (Å²) in [6.45, 7) is 5.51. The molecule has 0 aromatic carbocycles. The van der Waals surface area contributed by atoms with Crippen LogP contribution in [0.5, 0.6) is 0 Å². The molecule has 0 aliphatic rings. The second-order valence-electron chi connectivity index (χ2n) is 4.61. The summed E-state index contributed by atoms with van der Waals surface area (Å²) in [6, 6.07) is 0. The second-order valence-corrected chi connectivity index (χ2v) is 4.61. The molecule has 0 aliphatic carbocycles. The van der Waals surface area contributed by atoms with E-state index in [1.54, 1.807) is 18.9 Å². The Labute approximate surface area is 118 Å². The molecule has 0 spiro atoms. The molecular formula is C14H20N2O4. The van der Waals surface area contributed by atoms with Crippen LogP contribution in [0.3, 0.4) is 0 Å². The number of likely N-dealkylation sites (N-methyl/N-ethyl adjacent to an activating group) is 1. The van der Waals surface area contributed by atoms with Gasteiger partial charge >= 0.3 is 5.97 Å². The number of ether oxygens (including phenoxy) is 1. The van der Waals surface area contributed by atoms with Crippen molar-refractivity contribution in [1.82, 2.24) is 9.88 Å². The number of H-pyrrole nitrogens is 1. The Bertz CT molecular complexity index is 546. The number of ketones is 1. The van der Waals surface area contributed by atoms with E-state index in [0.29, 0.717) is 23.5 Å². The molecular weight excluding hydrogens is 260 g/mol. The van der Waals surface area contributed by atoms with Crippen LogP contribution in [0.25, 0.3) is 0 Å². The lowest BCUT2D eigenvalue weighted by Crippen LogP contribution is -2.28. The number of carbonyl (C=O) groups is 3. The van der Waals surface area contributed by atoms with Gasteiger partial charge < -0.3 is 14.6 Å². The van der Waals surface area contributed by atoms with Crippen molar-refractivity contribution in [2.75, 3.05) is 20.7 Å². The Morgan fingerprint density at radius 3 is 2.35 bits per heavy atom. The number of nitrogens with zero attached hydrogens (tertiary/aromatic N) is 1. The molecule has 0 saturated heterocycles. The van der Waals surface area contributed by atoms with Gasteiger partial charge in [0.05, 0.1) is 24.8 Å². The smallest absolute Gasteiger partial charge is 0.339 e. The number of aromatic nitrogens is 1. The van der Waals surface area contributed by atoms with E-state index in [9.17, 15) is 14.4 Å². The molecule has 1 heterocycles. The van der Waals surface area contributed by atoms with Gasteiger partial charge in [0.15, 0.2) is 5.78 Å². The summed E-state index contributed by atoms with van der Waals surface area (Å²) < 4.78 is 4.72. The predicted octanol–water partition coefficient (Wildman–Crippen LogP) is 1.33. The van der Waals surface area contributed by atoms with E-state index in [-0.39, 0.29) is 23.7 Å². The van der Waals surface area contributed by atoms with Crippen LogP contribution in [-0.2, 0) is 16.0 Å². The zero-order valence-electron chi connectivity index (χ0n) is 12.5. The fourth-order valence-electron chi connectivity index (χ4n) is 1.98. The van der Waals surface area contributed by atoms with E-state index < -0.39 is 5.97 Å². The number of aromatic amines is 1. The number of hydrogen-bond acceptors (Lipinski definition) is 4. The molecule has 110 valence electrons. The molecule has 0 unspecified atom stereocenters. The van der Waals surface area contributed by atoms with Gasteiger partial charge in [0.2, 0.25) is 5.91 Å². The number of carbonyl (C=O) groups excluding carboxylic acids is 3. The third-order valence-electron chi connectivity index (χ3n) is 3.30. The van der Waals surface area contributed by atoms with E-state index >= 15 is 0 Å². The first-order valence-corrected chi connectivity index (χ1v) is 6.38. The normalized spacial score (nSPS) is 10.2. The molecule has 0 fully saturated rings. The first-order valence-electron chi connectivity index (χ1n) is 6.38. The van der Waals surface area contributed by atoms with Crippen LogP contribution < -0.4 is 0 Å². The molecule has 1 rings (SSSR count). The first-order chi connectivity index (χ1) is 9.33. The van der Waals surface area contributed by atoms with Gasteiger partial charge in [-0.05, 0) is 19.4 Å². The quantitative estimate of drug-likeness (QED) is 0.652. The Morgan fingerprint density at radius 1 is 1.30 bits per heavy atom. The third kappa shape index (κ3) is 3.07. The maximum absolute atomic E-state index is 12.0. The summed E-state index contributed by atoms with van der Waals surface area (Å²) >= 11 is 0. The Hall–Kier alpha value is -2.11. The van der Waals surface area contributed by atoms with E-state index in [1.165, 1.54) is 14.0 Å². The second kappa shape index (κ2) is 6.36. The van der Waals surface area contributed by atoms with Crippen molar-refractivity contribution < 1.29 is 19.1 Å². The van der Waals surface area contributed by atoms with Crippen molar-refractivity contribution >= 4 is 17.7 Å². The monoisotopic (exact) mass is 280 g/mol. The Morgan fingerprint density at radius 2 is 1.90 bits per heavy atom. The summed E-state index contributed by atoms with van der Waals surface area (Å²) in [5.74, 6) is -0.864. The molecule has 0 atom stereocenters. The average Bonchev–Trinajstić information content (AvgIpc) is 2.73. The van der Waals surface area contributed by atoms with E-state index in [2.05, 4.69) is 4.98 Å². The molecule has 0 saturated carbocycles. The average molecular weight is 280 g/mol.